The summed E-state index contributed by atoms with van der Waals surface area (Å²) in [7, 11) is 3.07. The molecule has 192 valence electrons. The Balaban J connectivity index is 1.76. The molecule has 0 unspecified atom stereocenters. The average Bonchev–Trinajstić information content (AvgIpc) is 2.84. The zero-order valence-corrected chi connectivity index (χ0v) is 21.6. The average molecular weight is 504 g/mol. The summed E-state index contributed by atoms with van der Waals surface area (Å²) in [6.45, 7) is 6.59. The summed E-state index contributed by atoms with van der Waals surface area (Å²) in [5, 5.41) is 14.1. The van der Waals surface area contributed by atoms with Crippen molar-refractivity contribution in [2.75, 3.05) is 26.3 Å². The van der Waals surface area contributed by atoms with Crippen molar-refractivity contribution in [3.05, 3.63) is 76.6 Å². The number of anilines is 1. The van der Waals surface area contributed by atoms with Crippen molar-refractivity contribution >= 4 is 23.1 Å². The molecular formula is C30H30FNO5. The van der Waals surface area contributed by atoms with Gasteiger partial charge in [0.05, 0.1) is 24.8 Å². The standard InChI is InChI=1S/C30H30FNO5/c1-17-14-30(2,3)32-22-9-8-21-27(26(17)22)25(37-24-11-10-23(33)29(35-5)28(21)24)13-18-6-7-20(31)12-19(18)15-36-16-34-4/h6-14,32-33H,15-16H2,1-5H3/b25-13-. The number of aromatic hydroxyl groups is 1. The van der Waals surface area contributed by atoms with Gasteiger partial charge >= 0.3 is 0 Å². The second kappa shape index (κ2) is 9.57. The molecule has 2 N–H and O–H groups in total. The fourth-order valence-electron chi connectivity index (χ4n) is 5.17. The van der Waals surface area contributed by atoms with Gasteiger partial charge in [0.1, 0.15) is 24.1 Å². The normalized spacial score (nSPS) is 16.2. The topological polar surface area (TPSA) is 69.2 Å². The van der Waals surface area contributed by atoms with Gasteiger partial charge < -0.3 is 29.4 Å². The number of hydrogen-bond acceptors (Lipinski definition) is 6. The van der Waals surface area contributed by atoms with Gasteiger partial charge in [-0.3, -0.25) is 0 Å². The van der Waals surface area contributed by atoms with Crippen molar-refractivity contribution in [1.29, 1.82) is 0 Å². The van der Waals surface area contributed by atoms with Gasteiger partial charge in [0, 0.05) is 29.5 Å². The van der Waals surface area contributed by atoms with E-state index in [0.29, 0.717) is 28.4 Å². The number of rotatable bonds is 6. The van der Waals surface area contributed by atoms with Gasteiger partial charge in [0.15, 0.2) is 11.5 Å². The summed E-state index contributed by atoms with van der Waals surface area (Å²) in [6.07, 6.45) is 4.09. The largest absolute Gasteiger partial charge is 0.504 e. The minimum atomic E-state index is -0.351. The maximum atomic E-state index is 14.1. The lowest BCUT2D eigenvalue weighted by atomic mass is 9.82. The molecule has 2 aliphatic heterocycles. The Morgan fingerprint density at radius 3 is 2.62 bits per heavy atom. The van der Waals surface area contributed by atoms with Crippen LogP contribution in [0.1, 0.15) is 43.0 Å². The molecule has 0 saturated heterocycles. The van der Waals surface area contributed by atoms with Crippen LogP contribution in [-0.4, -0.2) is 31.7 Å². The summed E-state index contributed by atoms with van der Waals surface area (Å²) in [6, 6.07) is 11.9. The van der Waals surface area contributed by atoms with Crippen LogP contribution in [0.5, 0.6) is 17.2 Å². The Morgan fingerprint density at radius 1 is 1.05 bits per heavy atom. The molecule has 0 radical (unpaired) electrons. The van der Waals surface area contributed by atoms with Crippen LogP contribution in [0.25, 0.3) is 28.5 Å². The van der Waals surface area contributed by atoms with E-state index in [9.17, 15) is 9.50 Å². The highest BCUT2D eigenvalue weighted by atomic mass is 19.1. The first kappa shape index (κ1) is 24.9. The third-order valence-electron chi connectivity index (χ3n) is 6.52. The summed E-state index contributed by atoms with van der Waals surface area (Å²) in [4.78, 5) is 0. The minimum Gasteiger partial charge on any atom is -0.504 e. The third kappa shape index (κ3) is 4.56. The van der Waals surface area contributed by atoms with E-state index >= 15 is 0 Å². The number of nitrogens with one attached hydrogen (secondary N) is 1. The Bertz CT molecular complexity index is 1440. The van der Waals surface area contributed by atoms with Gasteiger partial charge in [-0.1, -0.05) is 18.2 Å². The van der Waals surface area contributed by atoms with E-state index in [1.807, 2.05) is 18.2 Å². The van der Waals surface area contributed by atoms with Crippen molar-refractivity contribution in [3.8, 4) is 28.4 Å². The molecule has 0 aliphatic carbocycles. The second-order valence-electron chi connectivity index (χ2n) is 9.78. The lowest BCUT2D eigenvalue weighted by molar-refractivity contribution is -0.0391. The fraction of sp³-hybridized carbons (Fsp3) is 0.267. The molecule has 0 spiro atoms. The van der Waals surface area contributed by atoms with Crippen LogP contribution in [0.15, 0.2) is 48.5 Å². The quantitative estimate of drug-likeness (QED) is 0.284. The second-order valence-corrected chi connectivity index (χ2v) is 9.78. The number of benzene rings is 3. The van der Waals surface area contributed by atoms with Crippen LogP contribution >= 0.6 is 0 Å². The first-order chi connectivity index (χ1) is 17.7. The summed E-state index contributed by atoms with van der Waals surface area (Å²) < 4.78 is 36.8. The van der Waals surface area contributed by atoms with Gasteiger partial charge in [0.2, 0.25) is 0 Å². The van der Waals surface area contributed by atoms with Crippen LogP contribution in [0.4, 0.5) is 10.1 Å². The van der Waals surface area contributed by atoms with E-state index in [0.717, 1.165) is 33.5 Å². The number of fused-ring (bicyclic) bond motifs is 5. The van der Waals surface area contributed by atoms with Gasteiger partial charge in [0.25, 0.3) is 0 Å². The molecule has 0 aromatic heterocycles. The molecular weight excluding hydrogens is 473 g/mol. The first-order valence-corrected chi connectivity index (χ1v) is 12.0. The van der Waals surface area contributed by atoms with Crippen LogP contribution < -0.4 is 14.8 Å². The van der Waals surface area contributed by atoms with Gasteiger partial charge in [-0.25, -0.2) is 4.39 Å². The van der Waals surface area contributed by atoms with E-state index in [1.54, 1.807) is 25.3 Å². The SMILES string of the molecule is COCOCc1cc(F)ccc1/C=C1\Oc2ccc(O)c(OC)c2-c2ccc3c(c21)C(C)=CC(C)(C)N3. The molecule has 37 heavy (non-hydrogen) atoms. The Hall–Kier alpha value is -3.81. The summed E-state index contributed by atoms with van der Waals surface area (Å²) in [5.74, 6) is 1.18. The Labute approximate surface area is 215 Å². The van der Waals surface area contributed by atoms with Gasteiger partial charge in [-0.05, 0) is 73.9 Å². The van der Waals surface area contributed by atoms with E-state index < -0.39 is 0 Å². The van der Waals surface area contributed by atoms with E-state index in [2.05, 4.69) is 32.2 Å². The highest BCUT2D eigenvalue weighted by Crippen LogP contribution is 2.54. The monoisotopic (exact) mass is 503 g/mol. The Kier molecular flexibility index (Phi) is 6.43. The van der Waals surface area contributed by atoms with Crippen molar-refractivity contribution in [1.82, 2.24) is 0 Å². The molecule has 0 amide bonds. The van der Waals surface area contributed by atoms with Gasteiger partial charge in [-0.2, -0.15) is 0 Å². The Morgan fingerprint density at radius 2 is 1.86 bits per heavy atom. The van der Waals surface area contributed by atoms with Crippen LogP contribution in [0.3, 0.4) is 0 Å². The fourth-order valence-corrected chi connectivity index (χ4v) is 5.17. The molecule has 0 atom stereocenters. The molecule has 7 heteroatoms. The van der Waals surface area contributed by atoms with E-state index in [1.165, 1.54) is 19.2 Å². The predicted molar refractivity (Wildman–Crippen MR) is 143 cm³/mol. The predicted octanol–water partition coefficient (Wildman–Crippen LogP) is 6.83. The lowest BCUT2D eigenvalue weighted by Crippen LogP contribution is -2.32. The summed E-state index contributed by atoms with van der Waals surface area (Å²) >= 11 is 0. The first-order valence-electron chi connectivity index (χ1n) is 12.0. The molecule has 0 bridgehead atoms. The highest BCUT2D eigenvalue weighted by Gasteiger charge is 2.33. The highest BCUT2D eigenvalue weighted by molar-refractivity contribution is 6.02. The van der Waals surface area contributed by atoms with Crippen molar-refractivity contribution in [3.63, 3.8) is 0 Å². The third-order valence-corrected chi connectivity index (χ3v) is 6.52. The zero-order valence-electron chi connectivity index (χ0n) is 21.6. The van der Waals surface area contributed by atoms with Gasteiger partial charge in [-0.15, -0.1) is 0 Å². The number of halogens is 1. The zero-order chi connectivity index (χ0) is 26.3. The number of methoxy groups -OCH3 is 2. The maximum absolute atomic E-state index is 14.1. The van der Waals surface area contributed by atoms with Crippen molar-refractivity contribution in [2.24, 2.45) is 0 Å². The van der Waals surface area contributed by atoms with Crippen LogP contribution in [0.2, 0.25) is 0 Å². The van der Waals surface area contributed by atoms with Crippen LogP contribution in [-0.2, 0) is 16.1 Å². The number of phenols is 1. The smallest absolute Gasteiger partial charge is 0.172 e. The molecule has 3 aromatic rings. The number of phenolic OH excluding ortho intramolecular Hbond substituents is 1. The lowest BCUT2D eigenvalue weighted by Gasteiger charge is -2.35. The maximum Gasteiger partial charge on any atom is 0.172 e. The minimum absolute atomic E-state index is 0.0311. The van der Waals surface area contributed by atoms with Crippen molar-refractivity contribution in [2.45, 2.75) is 32.9 Å². The molecule has 3 aromatic carbocycles. The molecule has 6 nitrogen and oxygen atoms in total. The molecule has 0 saturated carbocycles. The number of ether oxygens (including phenoxy) is 4. The van der Waals surface area contributed by atoms with E-state index in [-0.39, 0.29) is 30.5 Å². The van der Waals surface area contributed by atoms with E-state index in [4.69, 9.17) is 18.9 Å². The van der Waals surface area contributed by atoms with Crippen molar-refractivity contribution < 1.29 is 28.4 Å². The number of allylic oxidation sites excluding steroid dienone is 1. The molecule has 2 heterocycles. The molecule has 2 aliphatic rings. The summed E-state index contributed by atoms with van der Waals surface area (Å²) in [5.41, 5.74) is 6.68. The number of hydrogen-bond donors (Lipinski definition) is 2. The molecule has 5 rings (SSSR count). The molecule has 0 fully saturated rings. The van der Waals surface area contributed by atoms with Crippen LogP contribution in [0, 0.1) is 5.82 Å².